The van der Waals surface area contributed by atoms with Crippen molar-refractivity contribution in [3.05, 3.63) is 102 Å². The Labute approximate surface area is 189 Å². The number of rotatable bonds is 3. The summed E-state index contributed by atoms with van der Waals surface area (Å²) in [7, 11) is 0. The van der Waals surface area contributed by atoms with Gasteiger partial charge in [0.05, 0.1) is 22.8 Å². The number of nitrogens with zero attached hydrogens (tertiary/aromatic N) is 2. The number of hydrogen-bond donors (Lipinski definition) is 2. The molecule has 0 saturated heterocycles. The van der Waals surface area contributed by atoms with Crippen molar-refractivity contribution in [2.45, 2.75) is 0 Å². The summed E-state index contributed by atoms with van der Waals surface area (Å²) in [6.07, 6.45) is 0. The molecule has 33 heavy (non-hydrogen) atoms. The van der Waals surface area contributed by atoms with E-state index < -0.39 is 11.6 Å². The first-order valence-corrected chi connectivity index (χ1v) is 10.3. The third kappa shape index (κ3) is 3.75. The van der Waals surface area contributed by atoms with Gasteiger partial charge in [-0.15, -0.1) is 0 Å². The highest BCUT2D eigenvalue weighted by Crippen LogP contribution is 2.37. The van der Waals surface area contributed by atoms with E-state index in [0.717, 1.165) is 22.1 Å². The zero-order valence-corrected chi connectivity index (χ0v) is 17.3. The summed E-state index contributed by atoms with van der Waals surface area (Å²) in [5.41, 5.74) is 5.59. The molecule has 0 bridgehead atoms. The highest BCUT2D eigenvalue weighted by molar-refractivity contribution is 5.99. The Morgan fingerprint density at radius 2 is 1.42 bits per heavy atom. The minimum absolute atomic E-state index is 0.181. The Kier molecular flexibility index (Phi) is 4.96. The maximum atomic E-state index is 14.0. The molecular weight excluding hydrogens is 415 g/mol. The zero-order valence-electron chi connectivity index (χ0n) is 17.3. The summed E-state index contributed by atoms with van der Waals surface area (Å²) in [5, 5.41) is 29.9. The fourth-order valence-electron chi connectivity index (χ4n) is 3.89. The summed E-state index contributed by atoms with van der Waals surface area (Å²) in [6.45, 7) is 0. The smallest absolute Gasteiger partial charge is 0.165 e. The fourth-order valence-corrected chi connectivity index (χ4v) is 3.89. The Morgan fingerprint density at radius 1 is 0.697 bits per heavy atom. The van der Waals surface area contributed by atoms with Gasteiger partial charge in [0.25, 0.3) is 0 Å². The number of nitriles is 1. The van der Waals surface area contributed by atoms with Crippen LogP contribution in [0.4, 0.5) is 4.39 Å². The highest BCUT2D eigenvalue weighted by atomic mass is 19.1. The highest BCUT2D eigenvalue weighted by Gasteiger charge is 2.13. The van der Waals surface area contributed by atoms with Crippen LogP contribution in [-0.4, -0.2) is 15.2 Å². The second kappa shape index (κ2) is 8.10. The van der Waals surface area contributed by atoms with Gasteiger partial charge >= 0.3 is 0 Å². The average molecular weight is 432 g/mol. The van der Waals surface area contributed by atoms with E-state index >= 15 is 0 Å². The lowest BCUT2D eigenvalue weighted by Gasteiger charge is -2.13. The van der Waals surface area contributed by atoms with Crippen molar-refractivity contribution in [1.29, 1.82) is 5.26 Å². The van der Waals surface area contributed by atoms with Crippen molar-refractivity contribution in [2.24, 2.45) is 0 Å². The number of para-hydroxylation sites is 1. The number of aromatic nitrogens is 1. The van der Waals surface area contributed by atoms with E-state index in [4.69, 9.17) is 10.2 Å². The molecule has 0 aliphatic rings. The lowest BCUT2D eigenvalue weighted by molar-refractivity contribution is 0.432. The lowest BCUT2D eigenvalue weighted by Crippen LogP contribution is -1.92. The molecule has 5 rings (SSSR count). The molecule has 0 amide bonds. The van der Waals surface area contributed by atoms with Gasteiger partial charge in [-0.3, -0.25) is 0 Å². The number of aromatic hydroxyl groups is 2. The van der Waals surface area contributed by atoms with E-state index in [1.165, 1.54) is 12.1 Å². The number of fused-ring (bicyclic) bond motifs is 1. The van der Waals surface area contributed by atoms with Gasteiger partial charge in [0.15, 0.2) is 11.6 Å². The maximum Gasteiger partial charge on any atom is 0.165 e. The molecule has 5 aromatic rings. The van der Waals surface area contributed by atoms with Crippen LogP contribution in [0.15, 0.2) is 91.0 Å². The van der Waals surface area contributed by atoms with Crippen LogP contribution in [0.2, 0.25) is 0 Å². The van der Waals surface area contributed by atoms with Crippen LogP contribution in [0.3, 0.4) is 0 Å². The first-order chi connectivity index (χ1) is 16.0. The van der Waals surface area contributed by atoms with Crippen molar-refractivity contribution >= 4 is 10.9 Å². The molecule has 0 atom stereocenters. The normalized spacial score (nSPS) is 10.8. The molecule has 2 N–H and O–H groups in total. The van der Waals surface area contributed by atoms with Gasteiger partial charge in [0.2, 0.25) is 0 Å². The molecule has 0 spiro atoms. The predicted molar refractivity (Wildman–Crippen MR) is 126 cm³/mol. The Hall–Kier alpha value is -4.69. The third-order valence-electron chi connectivity index (χ3n) is 5.59. The van der Waals surface area contributed by atoms with Gasteiger partial charge in [0, 0.05) is 16.5 Å². The number of phenols is 2. The monoisotopic (exact) mass is 432 g/mol. The van der Waals surface area contributed by atoms with Crippen molar-refractivity contribution < 1.29 is 14.6 Å². The van der Waals surface area contributed by atoms with Gasteiger partial charge in [-0.1, -0.05) is 36.4 Å². The van der Waals surface area contributed by atoms with Gasteiger partial charge in [-0.25, -0.2) is 9.37 Å². The first kappa shape index (κ1) is 20.2. The van der Waals surface area contributed by atoms with Crippen molar-refractivity contribution in [3.63, 3.8) is 0 Å². The van der Waals surface area contributed by atoms with Gasteiger partial charge < -0.3 is 10.2 Å². The van der Waals surface area contributed by atoms with Crippen LogP contribution in [0.25, 0.3) is 44.4 Å². The summed E-state index contributed by atoms with van der Waals surface area (Å²) in [5.74, 6) is -0.954. The number of pyridine rings is 1. The lowest BCUT2D eigenvalue weighted by atomic mass is 9.94. The van der Waals surface area contributed by atoms with Crippen molar-refractivity contribution in [2.75, 3.05) is 0 Å². The van der Waals surface area contributed by atoms with Crippen molar-refractivity contribution in [1.82, 2.24) is 4.98 Å². The molecule has 4 nitrogen and oxygen atoms in total. The van der Waals surface area contributed by atoms with E-state index in [1.807, 2.05) is 48.5 Å². The largest absolute Gasteiger partial charge is 0.507 e. The van der Waals surface area contributed by atoms with Crippen LogP contribution in [0.5, 0.6) is 11.5 Å². The Balaban J connectivity index is 1.77. The van der Waals surface area contributed by atoms with Crippen LogP contribution in [0, 0.1) is 17.1 Å². The topological polar surface area (TPSA) is 77.1 Å². The van der Waals surface area contributed by atoms with Crippen LogP contribution in [0.1, 0.15) is 5.56 Å². The van der Waals surface area contributed by atoms with E-state index in [0.29, 0.717) is 27.9 Å². The number of phenolic OH excluding ortho intramolecular Hbond substituents is 2. The van der Waals surface area contributed by atoms with Crippen LogP contribution < -0.4 is 0 Å². The minimum atomic E-state index is -0.718. The van der Waals surface area contributed by atoms with E-state index in [9.17, 15) is 14.6 Å². The molecule has 158 valence electrons. The SMILES string of the molecule is N#Cc1ccc(-c2cc(-c3ccc(O)c(F)c3)nc3ccc(-c4ccccc4O)cc23)cc1. The first-order valence-electron chi connectivity index (χ1n) is 10.3. The Morgan fingerprint density at radius 3 is 2.15 bits per heavy atom. The molecule has 0 unspecified atom stereocenters. The van der Waals surface area contributed by atoms with Gasteiger partial charge in [-0.2, -0.15) is 5.26 Å². The van der Waals surface area contributed by atoms with Gasteiger partial charge in [0.1, 0.15) is 5.75 Å². The number of benzene rings is 4. The molecule has 1 heterocycles. The molecule has 5 heteroatoms. The summed E-state index contributed by atoms with van der Waals surface area (Å²) >= 11 is 0. The van der Waals surface area contributed by atoms with Crippen LogP contribution in [-0.2, 0) is 0 Å². The molecule has 0 radical (unpaired) electrons. The average Bonchev–Trinajstić information content (AvgIpc) is 2.85. The number of halogens is 1. The maximum absolute atomic E-state index is 14.0. The Bertz CT molecular complexity index is 1550. The molecule has 0 saturated carbocycles. The molecule has 1 aromatic heterocycles. The zero-order chi connectivity index (χ0) is 22.9. The van der Waals surface area contributed by atoms with Crippen molar-refractivity contribution in [3.8, 4) is 51.1 Å². The predicted octanol–water partition coefficient (Wildman–Crippen LogP) is 6.66. The summed E-state index contributed by atoms with van der Waals surface area (Å²) in [6, 6.07) is 28.2. The van der Waals surface area contributed by atoms with Crippen LogP contribution >= 0.6 is 0 Å². The van der Waals surface area contributed by atoms with E-state index in [1.54, 1.807) is 30.3 Å². The van der Waals surface area contributed by atoms with Gasteiger partial charge in [-0.05, 0) is 71.3 Å². The minimum Gasteiger partial charge on any atom is -0.507 e. The second-order valence-electron chi connectivity index (χ2n) is 7.66. The second-order valence-corrected chi connectivity index (χ2v) is 7.66. The molecule has 0 aliphatic carbocycles. The molecular formula is C28H17FN2O2. The molecule has 0 fully saturated rings. The van der Waals surface area contributed by atoms with E-state index in [2.05, 4.69) is 6.07 Å². The third-order valence-corrected chi connectivity index (χ3v) is 5.59. The summed E-state index contributed by atoms with van der Waals surface area (Å²) < 4.78 is 14.0. The molecule has 0 aliphatic heterocycles. The molecule has 4 aromatic carbocycles. The quantitative estimate of drug-likeness (QED) is 0.334. The van der Waals surface area contributed by atoms with E-state index in [-0.39, 0.29) is 5.75 Å². The number of hydrogen-bond acceptors (Lipinski definition) is 4. The standard InChI is InChI=1S/C28H17FN2O2/c29-24-14-20(10-12-28(24)33)26-15-22(18-7-5-17(16-30)6-8-18)23-13-19(9-11-25(23)31-26)21-3-1-2-4-27(21)32/h1-15,32-33H. The fraction of sp³-hybridized carbons (Fsp3) is 0. The summed E-state index contributed by atoms with van der Waals surface area (Å²) in [4.78, 5) is 4.73.